The third-order valence-corrected chi connectivity index (χ3v) is 4.25. The number of rotatable bonds is 3. The van der Waals surface area contributed by atoms with E-state index >= 15 is 0 Å². The quantitative estimate of drug-likeness (QED) is 0.680. The highest BCUT2D eigenvalue weighted by Crippen LogP contribution is 2.40. The zero-order valence-corrected chi connectivity index (χ0v) is 12.4. The maximum atomic E-state index is 2.44. The SMILES string of the molecule is CN(CCC(C)(C)C(C)(C)C)C(C)(C)C. The number of hydrogen-bond donors (Lipinski definition) is 0. The smallest absolute Gasteiger partial charge is 0.0122 e. The highest BCUT2D eigenvalue weighted by atomic mass is 15.1. The predicted molar refractivity (Wildman–Crippen MR) is 70.2 cm³/mol. The molecule has 0 N–H and O–H groups in total. The van der Waals surface area contributed by atoms with Crippen molar-refractivity contribution in [3.8, 4) is 0 Å². The van der Waals surface area contributed by atoms with Gasteiger partial charge in [-0.05, 0) is 51.6 Å². The minimum absolute atomic E-state index is 0.286. The van der Waals surface area contributed by atoms with Crippen LogP contribution in [0.4, 0.5) is 0 Å². The maximum absolute atomic E-state index is 2.44. The van der Waals surface area contributed by atoms with Gasteiger partial charge in [0, 0.05) is 5.54 Å². The van der Waals surface area contributed by atoms with E-state index in [0.29, 0.717) is 10.8 Å². The topological polar surface area (TPSA) is 3.24 Å². The third kappa shape index (κ3) is 4.55. The van der Waals surface area contributed by atoms with E-state index in [-0.39, 0.29) is 5.54 Å². The molecule has 0 amide bonds. The van der Waals surface area contributed by atoms with Crippen LogP contribution in [0, 0.1) is 10.8 Å². The maximum Gasteiger partial charge on any atom is 0.0122 e. The van der Waals surface area contributed by atoms with Gasteiger partial charge in [-0.2, -0.15) is 0 Å². The monoisotopic (exact) mass is 213 g/mol. The molecule has 92 valence electrons. The van der Waals surface area contributed by atoms with Gasteiger partial charge >= 0.3 is 0 Å². The lowest BCUT2D eigenvalue weighted by Gasteiger charge is -2.42. The summed E-state index contributed by atoms with van der Waals surface area (Å²) in [5.41, 5.74) is 1.06. The highest BCUT2D eigenvalue weighted by Gasteiger charge is 2.33. The fourth-order valence-electron chi connectivity index (χ4n) is 1.16. The average molecular weight is 213 g/mol. The molecule has 0 fully saturated rings. The Morgan fingerprint density at radius 1 is 0.800 bits per heavy atom. The van der Waals surface area contributed by atoms with Crippen molar-refractivity contribution in [1.29, 1.82) is 0 Å². The largest absolute Gasteiger partial charge is 0.301 e. The molecule has 0 aromatic carbocycles. The second-order valence-electron chi connectivity index (χ2n) is 7.48. The van der Waals surface area contributed by atoms with E-state index in [2.05, 4.69) is 67.3 Å². The Balaban J connectivity index is 4.29. The van der Waals surface area contributed by atoms with Crippen molar-refractivity contribution < 1.29 is 0 Å². The van der Waals surface area contributed by atoms with E-state index in [0.717, 1.165) is 0 Å². The zero-order valence-electron chi connectivity index (χ0n) is 12.4. The first kappa shape index (κ1) is 15.0. The Bertz CT molecular complexity index is 190. The molecule has 0 saturated heterocycles. The molecule has 0 spiro atoms. The van der Waals surface area contributed by atoms with Crippen LogP contribution in [0.5, 0.6) is 0 Å². The lowest BCUT2D eigenvalue weighted by molar-refractivity contribution is 0.0815. The molecule has 0 unspecified atom stereocenters. The van der Waals surface area contributed by atoms with Gasteiger partial charge in [0.2, 0.25) is 0 Å². The molecule has 0 aromatic heterocycles. The highest BCUT2D eigenvalue weighted by molar-refractivity contribution is 4.84. The first-order valence-electron chi connectivity index (χ1n) is 6.09. The van der Waals surface area contributed by atoms with Crippen molar-refractivity contribution in [3.05, 3.63) is 0 Å². The normalized spacial score (nSPS) is 14.8. The van der Waals surface area contributed by atoms with E-state index in [4.69, 9.17) is 0 Å². The van der Waals surface area contributed by atoms with Gasteiger partial charge in [0.1, 0.15) is 0 Å². The molecule has 0 aliphatic heterocycles. The molecular formula is C14H31N. The summed E-state index contributed by atoms with van der Waals surface area (Å²) in [6.45, 7) is 19.8. The minimum Gasteiger partial charge on any atom is -0.301 e. The van der Waals surface area contributed by atoms with Gasteiger partial charge in [0.25, 0.3) is 0 Å². The molecule has 0 bridgehead atoms. The first-order valence-corrected chi connectivity index (χ1v) is 6.09. The molecule has 0 saturated carbocycles. The lowest BCUT2D eigenvalue weighted by Crippen LogP contribution is -2.41. The molecule has 0 aromatic rings. The third-order valence-electron chi connectivity index (χ3n) is 4.25. The van der Waals surface area contributed by atoms with Crippen LogP contribution >= 0.6 is 0 Å². The lowest BCUT2D eigenvalue weighted by atomic mass is 9.67. The summed E-state index contributed by atoms with van der Waals surface area (Å²) in [6.07, 6.45) is 1.25. The van der Waals surface area contributed by atoms with Crippen LogP contribution in [0.3, 0.4) is 0 Å². The van der Waals surface area contributed by atoms with Gasteiger partial charge in [-0.3, -0.25) is 0 Å². The van der Waals surface area contributed by atoms with Gasteiger partial charge in [0.05, 0.1) is 0 Å². The molecule has 0 atom stereocenters. The fourth-order valence-corrected chi connectivity index (χ4v) is 1.16. The van der Waals surface area contributed by atoms with Gasteiger partial charge < -0.3 is 4.90 Å². The van der Waals surface area contributed by atoms with Crippen LogP contribution in [-0.4, -0.2) is 24.0 Å². The van der Waals surface area contributed by atoms with Crippen LogP contribution in [0.15, 0.2) is 0 Å². The molecule has 0 aliphatic rings. The number of nitrogens with zero attached hydrogens (tertiary/aromatic N) is 1. The summed E-state index contributed by atoms with van der Waals surface area (Å²) in [4.78, 5) is 2.44. The van der Waals surface area contributed by atoms with Crippen molar-refractivity contribution in [3.63, 3.8) is 0 Å². The Hall–Kier alpha value is -0.0400. The van der Waals surface area contributed by atoms with E-state index in [1.807, 2.05) is 0 Å². The van der Waals surface area contributed by atoms with Crippen molar-refractivity contribution >= 4 is 0 Å². The minimum atomic E-state index is 0.286. The van der Waals surface area contributed by atoms with Crippen molar-refractivity contribution in [2.75, 3.05) is 13.6 Å². The Kier molecular flexibility index (Phi) is 4.44. The van der Waals surface area contributed by atoms with E-state index in [1.165, 1.54) is 13.0 Å². The van der Waals surface area contributed by atoms with Crippen LogP contribution < -0.4 is 0 Å². The molecule has 0 rings (SSSR count). The Morgan fingerprint density at radius 2 is 1.20 bits per heavy atom. The van der Waals surface area contributed by atoms with Crippen molar-refractivity contribution in [2.45, 2.75) is 67.3 Å². The summed E-state index contributed by atoms with van der Waals surface area (Å²) < 4.78 is 0. The average Bonchev–Trinajstić information content (AvgIpc) is 1.96. The molecule has 0 radical (unpaired) electrons. The standard InChI is InChI=1S/C14H31N/c1-12(2,3)14(7,8)10-11-15(9)13(4,5)6/h10-11H2,1-9H3. The van der Waals surface area contributed by atoms with Crippen molar-refractivity contribution in [1.82, 2.24) is 4.90 Å². The Labute approximate surface area is 97.2 Å². The molecule has 0 heterocycles. The summed E-state index contributed by atoms with van der Waals surface area (Å²) in [5.74, 6) is 0. The fraction of sp³-hybridized carbons (Fsp3) is 1.00. The molecule has 15 heavy (non-hydrogen) atoms. The van der Waals surface area contributed by atoms with Gasteiger partial charge in [-0.15, -0.1) is 0 Å². The summed E-state index contributed by atoms with van der Waals surface area (Å²) in [5, 5.41) is 0. The van der Waals surface area contributed by atoms with Gasteiger partial charge in [-0.1, -0.05) is 34.6 Å². The molecule has 1 nitrogen and oxygen atoms in total. The van der Waals surface area contributed by atoms with Crippen LogP contribution in [0.2, 0.25) is 0 Å². The van der Waals surface area contributed by atoms with Crippen LogP contribution in [0.1, 0.15) is 61.8 Å². The second-order valence-corrected chi connectivity index (χ2v) is 7.48. The Morgan fingerprint density at radius 3 is 1.47 bits per heavy atom. The molecule has 0 aliphatic carbocycles. The van der Waals surface area contributed by atoms with E-state index in [9.17, 15) is 0 Å². The summed E-state index contributed by atoms with van der Waals surface area (Å²) in [6, 6.07) is 0. The van der Waals surface area contributed by atoms with Gasteiger partial charge in [-0.25, -0.2) is 0 Å². The summed E-state index contributed by atoms with van der Waals surface area (Å²) in [7, 11) is 2.22. The molecule has 1 heteroatoms. The zero-order chi connectivity index (χ0) is 12.5. The van der Waals surface area contributed by atoms with E-state index < -0.39 is 0 Å². The van der Waals surface area contributed by atoms with Crippen molar-refractivity contribution in [2.24, 2.45) is 10.8 Å². The second kappa shape index (κ2) is 4.45. The van der Waals surface area contributed by atoms with Crippen LogP contribution in [-0.2, 0) is 0 Å². The summed E-state index contributed by atoms with van der Waals surface area (Å²) >= 11 is 0. The number of hydrogen-bond acceptors (Lipinski definition) is 1. The van der Waals surface area contributed by atoms with Crippen LogP contribution in [0.25, 0.3) is 0 Å². The van der Waals surface area contributed by atoms with E-state index in [1.54, 1.807) is 0 Å². The van der Waals surface area contributed by atoms with Gasteiger partial charge in [0.15, 0.2) is 0 Å². The first-order chi connectivity index (χ1) is 6.38. The molecular weight excluding hydrogens is 182 g/mol. The predicted octanol–water partition coefficient (Wildman–Crippen LogP) is 4.18.